The molecule has 0 unspecified atom stereocenters. The quantitative estimate of drug-likeness (QED) is 0.448. The van der Waals surface area contributed by atoms with Gasteiger partial charge in [0.1, 0.15) is 5.75 Å². The highest BCUT2D eigenvalue weighted by atomic mass is 16.5. The van der Waals surface area contributed by atoms with Gasteiger partial charge in [-0.3, -0.25) is 14.4 Å². The van der Waals surface area contributed by atoms with E-state index < -0.39 is 12.0 Å². The smallest absolute Gasteiger partial charge is 0.308 e. The van der Waals surface area contributed by atoms with Gasteiger partial charge in [0.05, 0.1) is 25.7 Å². The van der Waals surface area contributed by atoms with Gasteiger partial charge in [0.2, 0.25) is 5.91 Å². The van der Waals surface area contributed by atoms with Gasteiger partial charge in [-0.1, -0.05) is 29.8 Å². The van der Waals surface area contributed by atoms with Crippen molar-refractivity contribution in [3.05, 3.63) is 64.7 Å². The average molecular weight is 426 g/mol. The minimum atomic E-state index is -0.555. The first-order chi connectivity index (χ1) is 14.7. The summed E-state index contributed by atoms with van der Waals surface area (Å²) in [4.78, 5) is 37.4. The number of amides is 1. The SMILES string of the molecule is COc1ccc([C@@H](CC(=O)OC(C)C)NC(=O)CCC(=O)c2cc(C)ccc2C)cc1. The molecule has 0 aliphatic carbocycles. The van der Waals surface area contributed by atoms with E-state index in [9.17, 15) is 14.4 Å². The molecule has 0 spiro atoms. The number of rotatable bonds is 10. The molecule has 31 heavy (non-hydrogen) atoms. The Hall–Kier alpha value is -3.15. The van der Waals surface area contributed by atoms with Gasteiger partial charge in [-0.2, -0.15) is 0 Å². The molecule has 1 atom stereocenters. The van der Waals surface area contributed by atoms with Gasteiger partial charge >= 0.3 is 5.97 Å². The summed E-state index contributed by atoms with van der Waals surface area (Å²) in [6.45, 7) is 7.36. The minimum absolute atomic E-state index is 0.00117. The lowest BCUT2D eigenvalue weighted by atomic mass is 9.99. The van der Waals surface area contributed by atoms with Crippen LogP contribution >= 0.6 is 0 Å². The van der Waals surface area contributed by atoms with Crippen LogP contribution < -0.4 is 10.1 Å². The Labute approximate surface area is 183 Å². The molecule has 0 radical (unpaired) electrons. The zero-order valence-electron chi connectivity index (χ0n) is 18.9. The van der Waals surface area contributed by atoms with Crippen molar-refractivity contribution in [2.24, 2.45) is 0 Å². The maximum absolute atomic E-state index is 12.6. The van der Waals surface area contributed by atoms with Crippen molar-refractivity contribution in [1.29, 1.82) is 0 Å². The van der Waals surface area contributed by atoms with Gasteiger partial charge in [0.25, 0.3) is 0 Å². The molecule has 0 fully saturated rings. The van der Waals surface area contributed by atoms with Gasteiger partial charge in [0, 0.05) is 18.4 Å². The molecule has 0 aliphatic rings. The van der Waals surface area contributed by atoms with E-state index in [4.69, 9.17) is 9.47 Å². The van der Waals surface area contributed by atoms with Crippen molar-refractivity contribution in [1.82, 2.24) is 5.32 Å². The van der Waals surface area contributed by atoms with E-state index in [1.807, 2.05) is 32.0 Å². The van der Waals surface area contributed by atoms with Crippen molar-refractivity contribution in [3.8, 4) is 5.75 Å². The molecule has 2 aromatic rings. The van der Waals surface area contributed by atoms with Crippen LogP contribution in [0.15, 0.2) is 42.5 Å². The molecule has 166 valence electrons. The number of hydrogen-bond donors (Lipinski definition) is 1. The Morgan fingerprint density at radius 1 is 0.968 bits per heavy atom. The number of Topliss-reactive ketones (excluding diaryl/α,β-unsaturated/α-hetero) is 1. The van der Waals surface area contributed by atoms with Crippen molar-refractivity contribution in [3.63, 3.8) is 0 Å². The molecule has 6 heteroatoms. The summed E-state index contributed by atoms with van der Waals surface area (Å²) in [5.74, 6) is -0.0892. The van der Waals surface area contributed by atoms with Crippen LogP contribution in [0.1, 0.15) is 66.2 Å². The molecular formula is C25H31NO5. The lowest BCUT2D eigenvalue weighted by molar-refractivity contribution is -0.148. The van der Waals surface area contributed by atoms with E-state index in [1.165, 1.54) is 0 Å². The second-order valence-corrected chi connectivity index (χ2v) is 7.88. The fraction of sp³-hybridized carbons (Fsp3) is 0.400. The predicted molar refractivity (Wildman–Crippen MR) is 119 cm³/mol. The number of methoxy groups -OCH3 is 1. The van der Waals surface area contributed by atoms with Crippen LogP contribution in [0.25, 0.3) is 0 Å². The third-order valence-electron chi connectivity index (χ3n) is 4.86. The van der Waals surface area contributed by atoms with Gasteiger partial charge in [0.15, 0.2) is 5.78 Å². The minimum Gasteiger partial charge on any atom is -0.497 e. The van der Waals surface area contributed by atoms with Crippen molar-refractivity contribution in [2.75, 3.05) is 7.11 Å². The standard InChI is InChI=1S/C25H31NO5/c1-16(2)31-25(29)15-22(19-8-10-20(30-5)11-9-19)26-24(28)13-12-23(27)21-14-17(3)6-7-18(21)4/h6-11,14,16,22H,12-13,15H2,1-5H3,(H,26,28)/t22-/m1/s1. The zero-order chi connectivity index (χ0) is 23.0. The Morgan fingerprint density at radius 2 is 1.65 bits per heavy atom. The molecule has 1 N–H and O–H groups in total. The molecule has 0 bridgehead atoms. The van der Waals surface area contributed by atoms with Gasteiger partial charge in [-0.15, -0.1) is 0 Å². The Morgan fingerprint density at radius 3 is 2.26 bits per heavy atom. The van der Waals surface area contributed by atoms with E-state index >= 15 is 0 Å². The third-order valence-corrected chi connectivity index (χ3v) is 4.86. The number of benzene rings is 2. The highest BCUT2D eigenvalue weighted by Crippen LogP contribution is 2.22. The first kappa shape index (κ1) is 24.1. The Balaban J connectivity index is 2.05. The largest absolute Gasteiger partial charge is 0.497 e. The summed E-state index contributed by atoms with van der Waals surface area (Å²) in [6.07, 6.45) is -0.101. The molecule has 2 aromatic carbocycles. The Kier molecular flexibility index (Phi) is 8.79. The first-order valence-corrected chi connectivity index (χ1v) is 10.4. The fourth-order valence-corrected chi connectivity index (χ4v) is 3.23. The normalized spacial score (nSPS) is 11.7. The number of ketones is 1. The average Bonchev–Trinajstić information content (AvgIpc) is 2.72. The van der Waals surface area contributed by atoms with Crippen molar-refractivity contribution < 1.29 is 23.9 Å². The molecule has 0 aliphatic heterocycles. The van der Waals surface area contributed by atoms with Crippen LogP contribution in [-0.4, -0.2) is 30.9 Å². The third kappa shape index (κ3) is 7.55. The monoisotopic (exact) mass is 425 g/mol. The molecule has 0 aromatic heterocycles. The molecule has 0 saturated heterocycles. The van der Waals surface area contributed by atoms with Crippen LogP contribution in [0, 0.1) is 13.8 Å². The first-order valence-electron chi connectivity index (χ1n) is 10.4. The van der Waals surface area contributed by atoms with E-state index in [2.05, 4.69) is 5.32 Å². The highest BCUT2D eigenvalue weighted by Gasteiger charge is 2.21. The van der Waals surface area contributed by atoms with Crippen LogP contribution in [-0.2, 0) is 14.3 Å². The van der Waals surface area contributed by atoms with Gasteiger partial charge in [-0.05, 0) is 57.0 Å². The Bertz CT molecular complexity index is 918. The number of hydrogen-bond acceptors (Lipinski definition) is 5. The number of nitrogens with one attached hydrogen (secondary N) is 1. The number of aryl methyl sites for hydroxylation is 2. The lowest BCUT2D eigenvalue weighted by Crippen LogP contribution is -2.31. The lowest BCUT2D eigenvalue weighted by Gasteiger charge is -2.20. The summed E-state index contributed by atoms with van der Waals surface area (Å²) in [5.41, 5.74) is 3.29. The molecule has 2 rings (SSSR count). The van der Waals surface area contributed by atoms with Crippen LogP contribution in [0.4, 0.5) is 0 Å². The molecular weight excluding hydrogens is 394 g/mol. The maximum atomic E-state index is 12.6. The summed E-state index contributed by atoms with van der Waals surface area (Å²) < 4.78 is 10.4. The van der Waals surface area contributed by atoms with E-state index in [0.717, 1.165) is 16.7 Å². The fourth-order valence-electron chi connectivity index (χ4n) is 3.23. The predicted octanol–water partition coefficient (Wildman–Crippen LogP) is 4.47. The summed E-state index contributed by atoms with van der Waals surface area (Å²) in [5, 5.41) is 2.87. The molecule has 6 nitrogen and oxygen atoms in total. The van der Waals surface area contributed by atoms with Crippen LogP contribution in [0.5, 0.6) is 5.75 Å². The number of carbonyl (C=O) groups is 3. The van der Waals surface area contributed by atoms with Gasteiger partial charge in [-0.25, -0.2) is 0 Å². The van der Waals surface area contributed by atoms with E-state index in [1.54, 1.807) is 45.2 Å². The molecule has 0 saturated carbocycles. The van der Waals surface area contributed by atoms with E-state index in [0.29, 0.717) is 11.3 Å². The van der Waals surface area contributed by atoms with Crippen LogP contribution in [0.2, 0.25) is 0 Å². The summed E-state index contributed by atoms with van der Waals surface area (Å²) in [6, 6.07) is 12.3. The molecule has 0 heterocycles. The second-order valence-electron chi connectivity index (χ2n) is 7.88. The maximum Gasteiger partial charge on any atom is 0.308 e. The number of esters is 1. The van der Waals surface area contributed by atoms with E-state index in [-0.39, 0.29) is 37.1 Å². The number of carbonyl (C=O) groups excluding carboxylic acids is 3. The van der Waals surface area contributed by atoms with Crippen molar-refractivity contribution in [2.45, 2.75) is 59.1 Å². The molecule has 1 amide bonds. The second kappa shape index (κ2) is 11.3. The summed E-state index contributed by atoms with van der Waals surface area (Å²) >= 11 is 0. The number of ether oxygens (including phenoxy) is 2. The van der Waals surface area contributed by atoms with Crippen molar-refractivity contribution >= 4 is 17.7 Å². The topological polar surface area (TPSA) is 81.7 Å². The zero-order valence-corrected chi connectivity index (χ0v) is 18.9. The summed E-state index contributed by atoms with van der Waals surface area (Å²) in [7, 11) is 1.57. The highest BCUT2D eigenvalue weighted by molar-refractivity contribution is 5.99. The van der Waals surface area contributed by atoms with Crippen LogP contribution in [0.3, 0.4) is 0 Å². The van der Waals surface area contributed by atoms with Gasteiger partial charge < -0.3 is 14.8 Å².